The summed E-state index contributed by atoms with van der Waals surface area (Å²) in [6, 6.07) is 5.81. The standard InChI is InChI=1S/C20H14Cl2F3NO2/c21-15-8-9-17(14-7-6-13(10-16(14)22)20(23,24)25)26-18(15)19(27)28-11-12-4-2-1-3-5-12/h2,4-10H,1,3,11H2. The molecule has 0 saturated heterocycles. The highest BCUT2D eigenvalue weighted by molar-refractivity contribution is 6.34. The summed E-state index contributed by atoms with van der Waals surface area (Å²) in [6.45, 7) is 0.0820. The molecule has 0 spiro atoms. The quantitative estimate of drug-likeness (QED) is 0.522. The lowest BCUT2D eigenvalue weighted by Crippen LogP contribution is -2.11. The van der Waals surface area contributed by atoms with E-state index in [2.05, 4.69) is 4.98 Å². The predicted molar refractivity (Wildman–Crippen MR) is 101 cm³/mol. The lowest BCUT2D eigenvalue weighted by atomic mass is 10.1. The van der Waals surface area contributed by atoms with E-state index in [-0.39, 0.29) is 33.6 Å². The third-order valence-electron chi connectivity index (χ3n) is 4.05. The van der Waals surface area contributed by atoms with E-state index in [0.29, 0.717) is 0 Å². The minimum Gasteiger partial charge on any atom is -0.456 e. The Morgan fingerprint density at radius 1 is 1.11 bits per heavy atom. The lowest BCUT2D eigenvalue weighted by molar-refractivity contribution is -0.137. The van der Waals surface area contributed by atoms with E-state index >= 15 is 0 Å². The first-order valence-electron chi connectivity index (χ1n) is 8.32. The van der Waals surface area contributed by atoms with E-state index in [1.807, 2.05) is 18.2 Å². The van der Waals surface area contributed by atoms with Gasteiger partial charge in [0.15, 0.2) is 5.69 Å². The highest BCUT2D eigenvalue weighted by Gasteiger charge is 2.31. The van der Waals surface area contributed by atoms with Crippen LogP contribution in [-0.2, 0) is 10.9 Å². The molecule has 8 heteroatoms. The molecule has 3 nitrogen and oxygen atoms in total. The number of allylic oxidation sites excluding steroid dienone is 2. The number of benzene rings is 1. The molecule has 0 radical (unpaired) electrons. The van der Waals surface area contributed by atoms with Gasteiger partial charge in [0.1, 0.15) is 6.61 Å². The van der Waals surface area contributed by atoms with Crippen LogP contribution in [0, 0.1) is 0 Å². The molecular formula is C20H14Cl2F3NO2. The Hall–Kier alpha value is -2.31. The number of ether oxygens (including phenoxy) is 1. The average Bonchev–Trinajstić information content (AvgIpc) is 2.67. The van der Waals surface area contributed by atoms with E-state index in [9.17, 15) is 18.0 Å². The first-order chi connectivity index (χ1) is 13.3. The minimum absolute atomic E-state index is 0.0740. The predicted octanol–water partition coefficient (Wildman–Crippen LogP) is 6.51. The minimum atomic E-state index is -4.51. The summed E-state index contributed by atoms with van der Waals surface area (Å²) in [5.74, 6) is -0.727. The SMILES string of the molecule is O=C(OCC1=CCCC=C1)c1nc(-c2ccc(C(F)(F)F)cc2Cl)ccc1Cl. The molecule has 1 aromatic heterocycles. The van der Waals surface area contributed by atoms with Gasteiger partial charge in [-0.3, -0.25) is 0 Å². The smallest absolute Gasteiger partial charge is 0.416 e. The molecule has 0 fully saturated rings. The van der Waals surface area contributed by atoms with Gasteiger partial charge in [-0.15, -0.1) is 0 Å². The third kappa shape index (κ3) is 4.75. The van der Waals surface area contributed by atoms with Gasteiger partial charge in [-0.05, 0) is 42.7 Å². The molecule has 28 heavy (non-hydrogen) atoms. The monoisotopic (exact) mass is 427 g/mol. The maximum Gasteiger partial charge on any atom is 0.416 e. The first-order valence-corrected chi connectivity index (χ1v) is 9.07. The maximum absolute atomic E-state index is 12.8. The highest BCUT2D eigenvalue weighted by Crippen LogP contribution is 2.35. The van der Waals surface area contributed by atoms with Crippen LogP contribution in [0.2, 0.25) is 10.0 Å². The zero-order valence-corrected chi connectivity index (χ0v) is 15.9. The second-order valence-electron chi connectivity index (χ2n) is 6.05. The molecule has 1 heterocycles. The van der Waals surface area contributed by atoms with Crippen molar-refractivity contribution in [3.8, 4) is 11.3 Å². The third-order valence-corrected chi connectivity index (χ3v) is 4.67. The Labute approximate surface area is 169 Å². The topological polar surface area (TPSA) is 39.2 Å². The van der Waals surface area contributed by atoms with Crippen LogP contribution in [0.25, 0.3) is 11.3 Å². The van der Waals surface area contributed by atoms with Crippen molar-refractivity contribution < 1.29 is 22.7 Å². The summed E-state index contributed by atoms with van der Waals surface area (Å²) < 4.78 is 43.6. The molecular weight excluding hydrogens is 414 g/mol. The van der Waals surface area contributed by atoms with Crippen LogP contribution < -0.4 is 0 Å². The number of esters is 1. The van der Waals surface area contributed by atoms with Crippen LogP contribution in [0.15, 0.2) is 54.1 Å². The van der Waals surface area contributed by atoms with E-state index in [1.54, 1.807) is 0 Å². The van der Waals surface area contributed by atoms with Gasteiger partial charge >= 0.3 is 12.1 Å². The Morgan fingerprint density at radius 2 is 1.89 bits per heavy atom. The van der Waals surface area contributed by atoms with Crippen molar-refractivity contribution in [2.24, 2.45) is 0 Å². The molecule has 2 aromatic rings. The summed E-state index contributed by atoms with van der Waals surface area (Å²) in [6.07, 6.45) is 3.16. The average molecular weight is 428 g/mol. The van der Waals surface area contributed by atoms with Gasteiger partial charge in [-0.1, -0.05) is 47.5 Å². The molecule has 0 N–H and O–H groups in total. The summed E-state index contributed by atoms with van der Waals surface area (Å²) in [5.41, 5.74) is 0.335. The van der Waals surface area contributed by atoms with Gasteiger partial charge in [0.05, 0.1) is 21.3 Å². The van der Waals surface area contributed by atoms with E-state index in [4.69, 9.17) is 27.9 Å². The van der Waals surface area contributed by atoms with Gasteiger partial charge in [0.2, 0.25) is 0 Å². The van der Waals surface area contributed by atoms with Gasteiger partial charge in [0.25, 0.3) is 0 Å². The van der Waals surface area contributed by atoms with Crippen molar-refractivity contribution in [2.75, 3.05) is 6.61 Å². The molecule has 0 bridgehead atoms. The fraction of sp³-hybridized carbons (Fsp3) is 0.200. The number of hydrogen-bond acceptors (Lipinski definition) is 3. The number of aromatic nitrogens is 1. The number of rotatable bonds is 4. The van der Waals surface area contributed by atoms with Crippen molar-refractivity contribution in [2.45, 2.75) is 19.0 Å². The zero-order valence-electron chi connectivity index (χ0n) is 14.4. The molecule has 0 amide bonds. The number of hydrogen-bond donors (Lipinski definition) is 0. The number of carbonyl (C=O) groups excluding carboxylic acids is 1. The number of alkyl halides is 3. The first kappa shape index (κ1) is 20.4. The largest absolute Gasteiger partial charge is 0.456 e. The lowest BCUT2D eigenvalue weighted by Gasteiger charge is -2.12. The Bertz CT molecular complexity index is 968. The molecule has 1 aromatic carbocycles. The fourth-order valence-corrected chi connectivity index (χ4v) is 3.09. The van der Waals surface area contributed by atoms with Crippen molar-refractivity contribution >= 4 is 29.2 Å². The Balaban J connectivity index is 1.84. The van der Waals surface area contributed by atoms with E-state index < -0.39 is 17.7 Å². The van der Waals surface area contributed by atoms with E-state index in [0.717, 1.165) is 30.5 Å². The summed E-state index contributed by atoms with van der Waals surface area (Å²) in [7, 11) is 0. The maximum atomic E-state index is 12.8. The normalized spacial score (nSPS) is 14.0. The van der Waals surface area contributed by atoms with Gasteiger partial charge in [0, 0.05) is 5.56 Å². The fourth-order valence-electron chi connectivity index (χ4n) is 2.63. The highest BCUT2D eigenvalue weighted by atomic mass is 35.5. The number of halogens is 5. The van der Waals surface area contributed by atoms with Gasteiger partial charge < -0.3 is 4.74 Å². The van der Waals surface area contributed by atoms with Crippen LogP contribution >= 0.6 is 23.2 Å². The molecule has 0 saturated carbocycles. The van der Waals surface area contributed by atoms with Crippen LogP contribution in [0.3, 0.4) is 0 Å². The molecule has 1 aliphatic rings. The molecule has 146 valence electrons. The van der Waals surface area contributed by atoms with Crippen molar-refractivity contribution in [3.63, 3.8) is 0 Å². The molecule has 0 aliphatic heterocycles. The number of pyridine rings is 1. The van der Waals surface area contributed by atoms with Crippen LogP contribution in [-0.4, -0.2) is 17.6 Å². The van der Waals surface area contributed by atoms with Crippen molar-refractivity contribution in [1.82, 2.24) is 4.98 Å². The summed E-state index contributed by atoms with van der Waals surface area (Å²) >= 11 is 12.1. The second-order valence-corrected chi connectivity index (χ2v) is 6.87. The van der Waals surface area contributed by atoms with Gasteiger partial charge in [-0.25, -0.2) is 9.78 Å². The zero-order chi connectivity index (χ0) is 20.3. The van der Waals surface area contributed by atoms with Crippen LogP contribution in [0.1, 0.15) is 28.9 Å². The van der Waals surface area contributed by atoms with Crippen molar-refractivity contribution in [3.05, 3.63) is 75.4 Å². The Kier molecular flexibility index (Phi) is 6.10. The molecule has 0 unspecified atom stereocenters. The van der Waals surface area contributed by atoms with Crippen LogP contribution in [0.5, 0.6) is 0 Å². The van der Waals surface area contributed by atoms with Crippen molar-refractivity contribution in [1.29, 1.82) is 0 Å². The molecule has 0 atom stereocenters. The van der Waals surface area contributed by atoms with E-state index in [1.165, 1.54) is 18.2 Å². The molecule has 1 aliphatic carbocycles. The number of carbonyl (C=O) groups is 1. The second kappa shape index (κ2) is 8.37. The Morgan fingerprint density at radius 3 is 2.54 bits per heavy atom. The summed E-state index contributed by atoms with van der Waals surface area (Å²) in [5, 5.41) is -0.0635. The van der Waals surface area contributed by atoms with Crippen LogP contribution in [0.4, 0.5) is 13.2 Å². The molecule has 3 rings (SSSR count). The number of nitrogens with zero attached hydrogens (tertiary/aromatic N) is 1. The van der Waals surface area contributed by atoms with Gasteiger partial charge in [-0.2, -0.15) is 13.2 Å². The summed E-state index contributed by atoms with van der Waals surface area (Å²) in [4.78, 5) is 16.5.